The van der Waals surface area contributed by atoms with Crippen LogP contribution >= 0.6 is 35.3 Å². The van der Waals surface area contributed by atoms with Crippen molar-refractivity contribution >= 4 is 46.3 Å². The summed E-state index contributed by atoms with van der Waals surface area (Å²) in [6.45, 7) is 10.3. The highest BCUT2D eigenvalue weighted by atomic mass is 32.2. The lowest BCUT2D eigenvalue weighted by Gasteiger charge is -2.38. The quantitative estimate of drug-likeness (QED) is 0.148. The van der Waals surface area contributed by atoms with E-state index < -0.39 is 0 Å². The predicted molar refractivity (Wildman–Crippen MR) is 162 cm³/mol. The van der Waals surface area contributed by atoms with E-state index in [9.17, 15) is 0 Å². The average Bonchev–Trinajstić information content (AvgIpc) is 3.45. The number of thioether (sulfide) groups is 3. The Labute approximate surface area is 238 Å². The van der Waals surface area contributed by atoms with Crippen molar-refractivity contribution in [3.05, 3.63) is 72.9 Å². The van der Waals surface area contributed by atoms with Crippen molar-refractivity contribution in [2.45, 2.75) is 52.1 Å². The lowest BCUT2D eigenvalue weighted by atomic mass is 10.3. The molecule has 1 fully saturated rings. The largest absolute Gasteiger partial charge is 0.345 e. The molecule has 4 aromatic rings. The van der Waals surface area contributed by atoms with Crippen LogP contribution in [0.1, 0.15) is 37.6 Å². The third-order valence-corrected chi connectivity index (χ3v) is 10.5. The number of aromatic amines is 1. The van der Waals surface area contributed by atoms with E-state index in [1.54, 1.807) is 6.33 Å². The monoisotopic (exact) mass is 564 g/mol. The Balaban J connectivity index is 1.07. The van der Waals surface area contributed by atoms with E-state index in [2.05, 4.69) is 81.1 Å². The summed E-state index contributed by atoms with van der Waals surface area (Å²) in [5.41, 5.74) is 3.28. The number of benzene rings is 1. The number of para-hydroxylation sites is 1. The third-order valence-electron chi connectivity index (χ3n) is 6.84. The van der Waals surface area contributed by atoms with E-state index in [-0.39, 0.29) is 5.25 Å². The number of hydrogen-bond donors (Lipinski definition) is 1. The Morgan fingerprint density at radius 2 is 1.74 bits per heavy atom. The number of nitrogens with one attached hydrogen (secondary N) is 1. The van der Waals surface area contributed by atoms with Crippen molar-refractivity contribution in [2.24, 2.45) is 0 Å². The van der Waals surface area contributed by atoms with E-state index in [4.69, 9.17) is 4.98 Å². The van der Waals surface area contributed by atoms with E-state index in [0.717, 1.165) is 61.0 Å². The topological polar surface area (TPSA) is 60.9 Å². The average molecular weight is 565 g/mol. The summed E-state index contributed by atoms with van der Waals surface area (Å²) >= 11 is 5.68. The van der Waals surface area contributed by atoms with Gasteiger partial charge in [-0.1, -0.05) is 30.8 Å². The van der Waals surface area contributed by atoms with Crippen LogP contribution in [0.2, 0.25) is 0 Å². The molecule has 1 aliphatic rings. The fraction of sp³-hybridized carbons (Fsp3) is 0.414. The molecule has 38 heavy (non-hydrogen) atoms. The lowest BCUT2D eigenvalue weighted by molar-refractivity contribution is 0.123. The number of nitrogens with zero attached hydrogens (tertiary/aromatic N) is 5. The lowest BCUT2D eigenvalue weighted by Crippen LogP contribution is -2.49. The van der Waals surface area contributed by atoms with Gasteiger partial charge in [0.1, 0.15) is 5.52 Å². The molecule has 1 N–H and O–H groups in total. The molecular formula is C29H36N6S3. The summed E-state index contributed by atoms with van der Waals surface area (Å²) in [6.07, 6.45) is 7.90. The summed E-state index contributed by atoms with van der Waals surface area (Å²) in [4.78, 5) is 24.8. The zero-order chi connectivity index (χ0) is 26.2. The zero-order valence-electron chi connectivity index (χ0n) is 22.1. The normalized spacial score (nSPS) is 16.6. The van der Waals surface area contributed by atoms with Gasteiger partial charge in [0.15, 0.2) is 0 Å². The van der Waals surface area contributed by atoms with Gasteiger partial charge in [-0.25, -0.2) is 9.97 Å². The highest BCUT2D eigenvalue weighted by molar-refractivity contribution is 8.00. The molecule has 1 saturated heterocycles. The molecule has 6 nitrogen and oxygen atoms in total. The molecule has 0 radical (unpaired) electrons. The van der Waals surface area contributed by atoms with Gasteiger partial charge >= 0.3 is 0 Å². The molecule has 2 unspecified atom stereocenters. The molecule has 0 saturated carbocycles. The van der Waals surface area contributed by atoms with Gasteiger partial charge in [0, 0.05) is 48.4 Å². The molecule has 0 bridgehead atoms. The van der Waals surface area contributed by atoms with E-state index >= 15 is 0 Å². The first-order valence-electron chi connectivity index (χ1n) is 13.4. The molecule has 1 aromatic carbocycles. The molecule has 200 valence electrons. The molecular weight excluding hydrogens is 529 g/mol. The molecule has 9 heteroatoms. The number of pyridine rings is 2. The van der Waals surface area contributed by atoms with Crippen molar-refractivity contribution in [1.29, 1.82) is 0 Å². The van der Waals surface area contributed by atoms with Gasteiger partial charge in [0.2, 0.25) is 0 Å². The van der Waals surface area contributed by atoms with Crippen LogP contribution in [0.15, 0.2) is 82.1 Å². The van der Waals surface area contributed by atoms with E-state index in [1.165, 1.54) is 21.9 Å². The fourth-order valence-electron chi connectivity index (χ4n) is 4.83. The Kier molecular flexibility index (Phi) is 10.0. The summed E-state index contributed by atoms with van der Waals surface area (Å²) in [6, 6.07) is 16.8. The van der Waals surface area contributed by atoms with Crippen molar-refractivity contribution < 1.29 is 0 Å². The standard InChI is InChI=1S/C29H36N6S3/c1-3-27(38-26-12-4-5-13-30-26)35-18-16-34(17-19-35)15-8-20-36-24-11-7-14-31-28(24)22(2)37-25-10-6-9-23-29(25)33-21-32-23/h4-7,9-14,21-22,27H,3,8,15-20H2,1-2H3,(H,32,33). The summed E-state index contributed by atoms with van der Waals surface area (Å²) in [5, 5.41) is 1.88. The second-order valence-electron chi connectivity index (χ2n) is 9.43. The van der Waals surface area contributed by atoms with Gasteiger partial charge < -0.3 is 9.88 Å². The van der Waals surface area contributed by atoms with Crippen molar-refractivity contribution in [3.8, 4) is 0 Å². The minimum Gasteiger partial charge on any atom is -0.345 e. The van der Waals surface area contributed by atoms with Crippen LogP contribution in [0.25, 0.3) is 11.0 Å². The molecule has 3 aromatic heterocycles. The first kappa shape index (κ1) is 27.5. The minimum absolute atomic E-state index is 0.254. The first-order valence-corrected chi connectivity index (χ1v) is 16.2. The van der Waals surface area contributed by atoms with Crippen molar-refractivity contribution in [3.63, 3.8) is 0 Å². The van der Waals surface area contributed by atoms with Gasteiger partial charge in [-0.05, 0) is 68.5 Å². The maximum atomic E-state index is 4.78. The Bertz CT molecular complexity index is 1280. The number of H-pyrrole nitrogens is 1. The number of rotatable bonds is 12. The minimum atomic E-state index is 0.254. The van der Waals surface area contributed by atoms with Crippen LogP contribution in [-0.2, 0) is 0 Å². The van der Waals surface area contributed by atoms with Crippen LogP contribution in [0.3, 0.4) is 0 Å². The van der Waals surface area contributed by atoms with Gasteiger partial charge in [-0.3, -0.25) is 9.88 Å². The molecule has 4 heterocycles. The van der Waals surface area contributed by atoms with Crippen LogP contribution in [0, 0.1) is 0 Å². The van der Waals surface area contributed by atoms with E-state index in [1.807, 2.05) is 53.7 Å². The second-order valence-corrected chi connectivity index (χ2v) is 13.1. The van der Waals surface area contributed by atoms with Gasteiger partial charge in [-0.2, -0.15) is 0 Å². The predicted octanol–water partition coefficient (Wildman–Crippen LogP) is 6.83. The van der Waals surface area contributed by atoms with Gasteiger partial charge in [-0.15, -0.1) is 23.5 Å². The SMILES string of the molecule is CCC(Sc1ccccn1)N1CCN(CCCSc2cccnc2C(C)Sc2cccc3[nH]cnc23)CC1. The number of imidazole rings is 1. The second kappa shape index (κ2) is 13.8. The summed E-state index contributed by atoms with van der Waals surface area (Å²) in [5.74, 6) is 1.11. The summed E-state index contributed by atoms with van der Waals surface area (Å²) < 4.78 is 0. The first-order chi connectivity index (χ1) is 18.7. The van der Waals surface area contributed by atoms with Gasteiger partial charge in [0.05, 0.1) is 33.2 Å². The number of piperazine rings is 1. The molecule has 1 aliphatic heterocycles. The maximum absolute atomic E-state index is 4.78. The Morgan fingerprint density at radius 1 is 0.895 bits per heavy atom. The zero-order valence-corrected chi connectivity index (χ0v) is 24.6. The van der Waals surface area contributed by atoms with Gasteiger partial charge in [0.25, 0.3) is 0 Å². The maximum Gasteiger partial charge on any atom is 0.102 e. The third kappa shape index (κ3) is 7.12. The smallest absolute Gasteiger partial charge is 0.102 e. The number of aromatic nitrogens is 4. The molecule has 0 spiro atoms. The fourth-order valence-corrected chi connectivity index (χ4v) is 8.14. The Morgan fingerprint density at radius 3 is 2.55 bits per heavy atom. The van der Waals surface area contributed by atoms with E-state index in [0.29, 0.717) is 5.37 Å². The van der Waals surface area contributed by atoms with Crippen LogP contribution < -0.4 is 0 Å². The van der Waals surface area contributed by atoms with Crippen molar-refractivity contribution in [1.82, 2.24) is 29.7 Å². The Hall–Kier alpha value is -2.04. The summed E-state index contributed by atoms with van der Waals surface area (Å²) in [7, 11) is 0. The number of hydrogen-bond acceptors (Lipinski definition) is 8. The van der Waals surface area contributed by atoms with Crippen molar-refractivity contribution in [2.75, 3.05) is 38.5 Å². The van der Waals surface area contributed by atoms with Crippen LogP contribution in [-0.4, -0.2) is 73.6 Å². The van der Waals surface area contributed by atoms with Crippen LogP contribution in [0.5, 0.6) is 0 Å². The van der Waals surface area contributed by atoms with Crippen LogP contribution in [0.4, 0.5) is 0 Å². The highest BCUT2D eigenvalue weighted by Gasteiger charge is 2.24. The molecule has 0 amide bonds. The molecule has 0 aliphatic carbocycles. The molecule has 2 atom stereocenters. The molecule has 5 rings (SSSR count). The number of fused-ring (bicyclic) bond motifs is 1. The highest BCUT2D eigenvalue weighted by Crippen LogP contribution is 2.40.